The number of hydrogen-bond acceptors (Lipinski definition) is 5. The molecule has 0 amide bonds. The van der Waals surface area contributed by atoms with Gasteiger partial charge in [0.1, 0.15) is 5.82 Å². The number of aromatic nitrogens is 3. The van der Waals surface area contributed by atoms with Crippen molar-refractivity contribution in [2.45, 2.75) is 6.92 Å². The van der Waals surface area contributed by atoms with E-state index in [1.165, 1.54) is 6.21 Å². The van der Waals surface area contributed by atoms with E-state index in [1.807, 2.05) is 43.5 Å². The Morgan fingerprint density at radius 1 is 1.27 bits per heavy atom. The molecule has 0 bridgehead atoms. The summed E-state index contributed by atoms with van der Waals surface area (Å²) in [4.78, 5) is 11.9. The maximum absolute atomic E-state index is 7.14. The van der Waals surface area contributed by atoms with Gasteiger partial charge in [-0.1, -0.05) is 12.6 Å². The quantitative estimate of drug-likeness (QED) is 0.510. The fraction of sp³-hybridized carbons (Fsp3) is 0.0500. The lowest BCUT2D eigenvalue weighted by Crippen LogP contribution is -2.02. The van der Waals surface area contributed by atoms with Crippen LogP contribution in [0.15, 0.2) is 61.6 Å². The Bertz CT molecular complexity index is 952. The molecule has 0 saturated heterocycles. The molecule has 0 aliphatic rings. The highest BCUT2D eigenvalue weighted by molar-refractivity contribution is 5.84. The topological polar surface area (TPSA) is 103 Å². The highest BCUT2D eigenvalue weighted by atomic mass is 15.0. The van der Waals surface area contributed by atoms with E-state index in [4.69, 9.17) is 11.1 Å². The summed E-state index contributed by atoms with van der Waals surface area (Å²) in [5.74, 6) is 0.688. The van der Waals surface area contributed by atoms with Crippen molar-refractivity contribution < 1.29 is 0 Å². The molecule has 0 atom stereocenters. The average molecular weight is 344 g/mol. The molecule has 0 spiro atoms. The monoisotopic (exact) mass is 344 g/mol. The summed E-state index contributed by atoms with van der Waals surface area (Å²) >= 11 is 0. The minimum atomic E-state index is 0.533. The number of rotatable bonds is 6. The molecule has 3 heterocycles. The third-order valence-electron chi connectivity index (χ3n) is 4.02. The molecule has 5 N–H and O–H groups in total. The summed E-state index contributed by atoms with van der Waals surface area (Å²) in [6, 6.07) is 9.62. The Hall–Kier alpha value is -3.67. The predicted molar refractivity (Wildman–Crippen MR) is 107 cm³/mol. The van der Waals surface area contributed by atoms with Crippen LogP contribution < -0.4 is 11.1 Å². The first-order chi connectivity index (χ1) is 12.6. The van der Waals surface area contributed by atoms with Gasteiger partial charge in [0.15, 0.2) is 0 Å². The van der Waals surface area contributed by atoms with Gasteiger partial charge < -0.3 is 21.4 Å². The standard InChI is InChI=1S/C20H20N6/c1-13-16(17(22)8-9-21)12-25-20(13)14(2)26-19-7-6-15(11-24-19)18-5-3-4-10-23-18/h3-12,21,25H,2,22H2,1H3,(H,24,26)/b17-8-,21-9?. The SMILES string of the molecule is C=C(Nc1ccc(-c2ccccn2)cn1)c1[nH]cc(/C(N)=C/C=N)c1C. The lowest BCUT2D eigenvalue weighted by molar-refractivity contribution is 1.26. The van der Waals surface area contributed by atoms with Gasteiger partial charge in [0.05, 0.1) is 17.1 Å². The summed E-state index contributed by atoms with van der Waals surface area (Å²) in [7, 11) is 0. The Morgan fingerprint density at radius 2 is 2.12 bits per heavy atom. The van der Waals surface area contributed by atoms with Crippen LogP contribution in [-0.4, -0.2) is 21.2 Å². The molecule has 3 rings (SSSR count). The van der Waals surface area contributed by atoms with Gasteiger partial charge in [0, 0.05) is 41.6 Å². The Kier molecular flexibility index (Phi) is 4.94. The van der Waals surface area contributed by atoms with Crippen LogP contribution in [0.4, 0.5) is 5.82 Å². The zero-order chi connectivity index (χ0) is 18.5. The minimum Gasteiger partial charge on any atom is -0.398 e. The van der Waals surface area contributed by atoms with Gasteiger partial charge in [-0.25, -0.2) is 4.98 Å². The first kappa shape index (κ1) is 17.2. The molecule has 0 unspecified atom stereocenters. The molecule has 3 aromatic rings. The second kappa shape index (κ2) is 7.48. The van der Waals surface area contributed by atoms with E-state index in [9.17, 15) is 0 Å². The van der Waals surface area contributed by atoms with Gasteiger partial charge in [-0.2, -0.15) is 0 Å². The van der Waals surface area contributed by atoms with Crippen LogP contribution in [0.3, 0.4) is 0 Å². The second-order valence-electron chi connectivity index (χ2n) is 5.74. The molecule has 130 valence electrons. The third-order valence-corrected chi connectivity index (χ3v) is 4.02. The molecule has 0 saturated carbocycles. The molecule has 0 radical (unpaired) electrons. The van der Waals surface area contributed by atoms with E-state index in [2.05, 4.69) is 26.8 Å². The molecule has 3 aromatic heterocycles. The molecule has 0 aromatic carbocycles. The molecule has 0 aliphatic carbocycles. The number of anilines is 1. The first-order valence-corrected chi connectivity index (χ1v) is 8.08. The van der Waals surface area contributed by atoms with E-state index in [0.717, 1.165) is 28.1 Å². The average Bonchev–Trinajstić information content (AvgIpc) is 3.05. The summed E-state index contributed by atoms with van der Waals surface area (Å²) in [5, 5.41) is 10.3. The van der Waals surface area contributed by atoms with Crippen LogP contribution in [0.5, 0.6) is 0 Å². The maximum Gasteiger partial charge on any atom is 0.130 e. The van der Waals surface area contributed by atoms with E-state index < -0.39 is 0 Å². The number of pyridine rings is 2. The highest BCUT2D eigenvalue weighted by Crippen LogP contribution is 2.24. The van der Waals surface area contributed by atoms with Crippen LogP contribution in [0, 0.1) is 12.3 Å². The normalized spacial score (nSPS) is 11.2. The number of hydrogen-bond donors (Lipinski definition) is 4. The summed E-state index contributed by atoms with van der Waals surface area (Å²) in [6.45, 7) is 6.04. The van der Waals surface area contributed by atoms with Gasteiger partial charge in [-0.15, -0.1) is 0 Å². The number of allylic oxidation sites excluding steroid dienone is 1. The van der Waals surface area contributed by atoms with Crippen molar-refractivity contribution in [3.8, 4) is 11.3 Å². The Morgan fingerprint density at radius 3 is 2.77 bits per heavy atom. The van der Waals surface area contributed by atoms with Crippen molar-refractivity contribution in [3.63, 3.8) is 0 Å². The molecule has 6 nitrogen and oxygen atoms in total. The molecule has 0 fully saturated rings. The zero-order valence-corrected chi connectivity index (χ0v) is 14.5. The maximum atomic E-state index is 7.14. The van der Waals surface area contributed by atoms with E-state index in [-0.39, 0.29) is 0 Å². The van der Waals surface area contributed by atoms with Crippen LogP contribution in [0.2, 0.25) is 0 Å². The smallest absolute Gasteiger partial charge is 0.130 e. The van der Waals surface area contributed by atoms with Gasteiger partial charge in [0.2, 0.25) is 0 Å². The lowest BCUT2D eigenvalue weighted by atomic mass is 10.1. The number of nitrogens with one attached hydrogen (secondary N) is 3. The Balaban J connectivity index is 1.76. The van der Waals surface area contributed by atoms with Gasteiger partial charge in [0.25, 0.3) is 0 Å². The number of nitrogens with zero attached hydrogens (tertiary/aromatic N) is 2. The van der Waals surface area contributed by atoms with Crippen LogP contribution in [0.1, 0.15) is 16.8 Å². The third kappa shape index (κ3) is 3.54. The van der Waals surface area contributed by atoms with Gasteiger partial charge in [-0.05, 0) is 42.8 Å². The largest absolute Gasteiger partial charge is 0.398 e. The van der Waals surface area contributed by atoms with Crippen LogP contribution in [-0.2, 0) is 0 Å². The molecule has 26 heavy (non-hydrogen) atoms. The van der Waals surface area contributed by atoms with Gasteiger partial charge in [-0.3, -0.25) is 4.98 Å². The lowest BCUT2D eigenvalue weighted by Gasteiger charge is -2.10. The molecular formula is C20H20N6. The Labute approximate surface area is 152 Å². The predicted octanol–water partition coefficient (Wildman–Crippen LogP) is 3.81. The van der Waals surface area contributed by atoms with Crippen molar-refractivity contribution in [1.29, 1.82) is 5.41 Å². The van der Waals surface area contributed by atoms with Crippen molar-refractivity contribution in [2.24, 2.45) is 5.73 Å². The summed E-state index contributed by atoms with van der Waals surface area (Å²) in [6.07, 6.45) is 8.06. The fourth-order valence-corrected chi connectivity index (χ4v) is 2.66. The summed E-state index contributed by atoms with van der Waals surface area (Å²) < 4.78 is 0. The molecular weight excluding hydrogens is 324 g/mol. The van der Waals surface area contributed by atoms with E-state index in [0.29, 0.717) is 17.2 Å². The van der Waals surface area contributed by atoms with Crippen molar-refractivity contribution in [1.82, 2.24) is 15.0 Å². The number of nitrogens with two attached hydrogens (primary N) is 1. The number of aromatic amines is 1. The van der Waals surface area contributed by atoms with Gasteiger partial charge >= 0.3 is 0 Å². The zero-order valence-electron chi connectivity index (χ0n) is 14.5. The van der Waals surface area contributed by atoms with Crippen LogP contribution >= 0.6 is 0 Å². The van der Waals surface area contributed by atoms with Crippen molar-refractivity contribution >= 4 is 23.4 Å². The fourth-order valence-electron chi connectivity index (χ4n) is 2.66. The van der Waals surface area contributed by atoms with Crippen molar-refractivity contribution in [3.05, 3.63) is 78.4 Å². The minimum absolute atomic E-state index is 0.533. The van der Waals surface area contributed by atoms with Crippen molar-refractivity contribution in [2.75, 3.05) is 5.32 Å². The highest BCUT2D eigenvalue weighted by Gasteiger charge is 2.12. The second-order valence-corrected chi connectivity index (χ2v) is 5.74. The first-order valence-electron chi connectivity index (χ1n) is 8.08. The molecule has 0 aliphatic heterocycles. The molecule has 6 heteroatoms. The van der Waals surface area contributed by atoms with Crippen LogP contribution in [0.25, 0.3) is 22.7 Å². The van der Waals surface area contributed by atoms with E-state index in [1.54, 1.807) is 18.5 Å². The number of H-pyrrole nitrogens is 1. The van der Waals surface area contributed by atoms with E-state index >= 15 is 0 Å². The summed E-state index contributed by atoms with van der Waals surface area (Å²) in [5.41, 5.74) is 11.7.